The predicted molar refractivity (Wildman–Crippen MR) is 138 cm³/mol. The summed E-state index contributed by atoms with van der Waals surface area (Å²) in [6.07, 6.45) is 2.37. The van der Waals surface area contributed by atoms with Gasteiger partial charge in [-0.05, 0) is 48.2 Å². The highest BCUT2D eigenvalue weighted by atomic mass is 35.5. The van der Waals surface area contributed by atoms with Crippen LogP contribution in [0.2, 0.25) is 20.1 Å². The number of benzene rings is 2. The van der Waals surface area contributed by atoms with Crippen LogP contribution < -0.4 is 9.47 Å². The van der Waals surface area contributed by atoms with Crippen molar-refractivity contribution < 1.29 is 19.7 Å². The van der Waals surface area contributed by atoms with Crippen molar-refractivity contribution in [3.05, 3.63) is 55.5 Å². The first-order chi connectivity index (χ1) is 15.6. The monoisotopic (exact) mass is 536 g/mol. The normalized spacial score (nSPS) is 13.6. The van der Waals surface area contributed by atoms with Crippen LogP contribution in [0.4, 0.5) is 0 Å². The Kier molecular flexibility index (Phi) is 10.9. The quantitative estimate of drug-likeness (QED) is 0.291. The fourth-order valence-corrected chi connectivity index (χ4v) is 4.74. The molecule has 0 aliphatic rings. The first-order valence-corrected chi connectivity index (χ1v) is 12.6. The molecule has 0 saturated heterocycles. The molecule has 0 heterocycles. The maximum absolute atomic E-state index is 9.55. The van der Waals surface area contributed by atoms with Crippen molar-refractivity contribution in [3.63, 3.8) is 0 Å². The third-order valence-electron chi connectivity index (χ3n) is 5.64. The molecule has 2 N–H and O–H groups in total. The summed E-state index contributed by atoms with van der Waals surface area (Å²) in [7, 11) is 0. The van der Waals surface area contributed by atoms with Gasteiger partial charge in [-0.2, -0.15) is 0 Å². The highest BCUT2D eigenvalue weighted by Crippen LogP contribution is 2.44. The van der Waals surface area contributed by atoms with Crippen LogP contribution in [0.1, 0.15) is 64.5 Å². The fourth-order valence-electron chi connectivity index (χ4n) is 3.59. The smallest absolute Gasteiger partial charge is 0.157 e. The molecule has 0 spiro atoms. The van der Waals surface area contributed by atoms with Gasteiger partial charge in [-0.3, -0.25) is 0 Å². The van der Waals surface area contributed by atoms with Crippen LogP contribution in [0, 0.1) is 0 Å². The Balaban J connectivity index is 2.39. The molecule has 2 aromatic carbocycles. The van der Waals surface area contributed by atoms with Crippen LogP contribution in [-0.4, -0.2) is 35.6 Å². The number of hydrogen-bond acceptors (Lipinski definition) is 4. The van der Waals surface area contributed by atoms with Crippen molar-refractivity contribution in [1.29, 1.82) is 0 Å². The Labute approximate surface area is 216 Å². The van der Waals surface area contributed by atoms with Gasteiger partial charge in [0.05, 0.1) is 33.3 Å². The molecular formula is C25H32Cl4O4. The van der Waals surface area contributed by atoms with Crippen molar-refractivity contribution in [1.82, 2.24) is 0 Å². The van der Waals surface area contributed by atoms with Gasteiger partial charge in [-0.25, -0.2) is 0 Å². The molecular weight excluding hydrogens is 506 g/mol. The summed E-state index contributed by atoms with van der Waals surface area (Å²) in [4.78, 5) is 0. The Morgan fingerprint density at radius 2 is 1.00 bits per heavy atom. The first-order valence-electron chi connectivity index (χ1n) is 11.1. The van der Waals surface area contributed by atoms with Crippen LogP contribution in [-0.2, 0) is 5.41 Å². The lowest BCUT2D eigenvalue weighted by Gasteiger charge is -2.29. The average Bonchev–Trinajstić information content (AvgIpc) is 2.76. The highest BCUT2D eigenvalue weighted by molar-refractivity contribution is 6.38. The number of aliphatic hydroxyl groups is 2. The van der Waals surface area contributed by atoms with E-state index in [1.54, 1.807) is 24.3 Å². The molecule has 8 heteroatoms. The van der Waals surface area contributed by atoms with Gasteiger partial charge in [0, 0.05) is 5.41 Å². The second kappa shape index (κ2) is 12.7. The highest BCUT2D eigenvalue weighted by Gasteiger charge is 2.28. The van der Waals surface area contributed by atoms with Gasteiger partial charge >= 0.3 is 0 Å². The van der Waals surface area contributed by atoms with Gasteiger partial charge in [0.2, 0.25) is 0 Å². The van der Waals surface area contributed by atoms with Crippen LogP contribution in [0.3, 0.4) is 0 Å². The Hall–Kier alpha value is -0.880. The Bertz CT molecular complexity index is 813. The molecule has 2 rings (SSSR count). The average molecular weight is 538 g/mol. The lowest BCUT2D eigenvalue weighted by Crippen LogP contribution is -2.23. The van der Waals surface area contributed by atoms with E-state index in [1.165, 1.54) is 0 Å². The summed E-state index contributed by atoms with van der Waals surface area (Å²) < 4.78 is 11.7. The van der Waals surface area contributed by atoms with Gasteiger partial charge in [0.25, 0.3) is 0 Å². The van der Waals surface area contributed by atoms with Crippen molar-refractivity contribution in [2.45, 2.75) is 71.0 Å². The predicted octanol–water partition coefficient (Wildman–Crippen LogP) is 7.71. The van der Waals surface area contributed by atoms with E-state index in [2.05, 4.69) is 0 Å². The van der Waals surface area contributed by atoms with Gasteiger partial charge in [-0.15, -0.1) is 0 Å². The molecule has 2 aromatic rings. The maximum atomic E-state index is 9.55. The molecule has 0 bridgehead atoms. The molecule has 0 amide bonds. The zero-order valence-electron chi connectivity index (χ0n) is 19.4. The molecule has 4 nitrogen and oxygen atoms in total. The van der Waals surface area contributed by atoms with Crippen molar-refractivity contribution in [2.75, 3.05) is 13.2 Å². The third-order valence-corrected chi connectivity index (χ3v) is 6.76. The number of ether oxygens (including phenoxy) is 2. The second-order valence-corrected chi connectivity index (χ2v) is 10.2. The molecule has 0 saturated carbocycles. The zero-order chi connectivity index (χ0) is 24.8. The zero-order valence-corrected chi connectivity index (χ0v) is 22.5. The van der Waals surface area contributed by atoms with E-state index in [1.807, 2.05) is 27.7 Å². The Morgan fingerprint density at radius 1 is 0.697 bits per heavy atom. The summed E-state index contributed by atoms with van der Waals surface area (Å²) in [5.41, 5.74) is 1.15. The molecule has 184 valence electrons. The van der Waals surface area contributed by atoms with Crippen molar-refractivity contribution >= 4 is 46.4 Å². The standard InChI is InChI=1S/C25H32Cl4O4/c1-5-7-17(13-30)32-23-19(26)9-15(10-20(23)27)25(3,4)16-11-21(28)24(22(29)12-16)33-18(14-31)8-6-2/h9-12,17-18,30-31H,5-8,13-14H2,1-4H3. The van der Waals surface area contributed by atoms with E-state index in [9.17, 15) is 10.2 Å². The minimum Gasteiger partial charge on any atom is -0.485 e. The number of halogens is 4. The number of hydrogen-bond donors (Lipinski definition) is 2. The summed E-state index contributed by atoms with van der Waals surface area (Å²) in [5.74, 6) is 0.715. The van der Waals surface area contributed by atoms with Crippen LogP contribution >= 0.6 is 46.4 Å². The fraction of sp³-hybridized carbons (Fsp3) is 0.520. The largest absolute Gasteiger partial charge is 0.485 e. The van der Waals surface area contributed by atoms with Crippen molar-refractivity contribution in [2.24, 2.45) is 0 Å². The van der Waals surface area contributed by atoms with Gasteiger partial charge in [-0.1, -0.05) is 86.9 Å². The summed E-state index contributed by atoms with van der Waals surface area (Å²) in [6, 6.07) is 7.22. The topological polar surface area (TPSA) is 58.9 Å². The van der Waals surface area contributed by atoms with Crippen LogP contribution in [0.25, 0.3) is 0 Å². The van der Waals surface area contributed by atoms with E-state index in [4.69, 9.17) is 55.9 Å². The SMILES string of the molecule is CCCC(CO)Oc1c(Cl)cc(C(C)(C)c2cc(Cl)c(OC(CO)CCC)c(Cl)c2)cc1Cl. The van der Waals surface area contributed by atoms with E-state index in [0.717, 1.165) is 24.0 Å². The molecule has 0 fully saturated rings. The van der Waals surface area contributed by atoms with Crippen LogP contribution in [0.5, 0.6) is 11.5 Å². The molecule has 2 atom stereocenters. The molecule has 33 heavy (non-hydrogen) atoms. The maximum Gasteiger partial charge on any atom is 0.157 e. The van der Waals surface area contributed by atoms with Crippen molar-refractivity contribution in [3.8, 4) is 11.5 Å². The molecule has 0 aliphatic heterocycles. The Morgan fingerprint density at radius 3 is 1.24 bits per heavy atom. The molecule has 0 radical (unpaired) electrons. The molecule has 2 unspecified atom stereocenters. The second-order valence-electron chi connectivity index (χ2n) is 8.59. The van der Waals surface area contributed by atoms with E-state index >= 15 is 0 Å². The van der Waals surface area contributed by atoms with Gasteiger partial charge in [0.15, 0.2) is 11.5 Å². The number of rotatable bonds is 12. The lowest BCUT2D eigenvalue weighted by molar-refractivity contribution is 0.108. The lowest BCUT2D eigenvalue weighted by atomic mass is 9.78. The van der Waals surface area contributed by atoms with Gasteiger partial charge < -0.3 is 19.7 Å². The van der Waals surface area contributed by atoms with E-state index < -0.39 is 5.41 Å². The minimum absolute atomic E-state index is 0.117. The first kappa shape index (κ1) is 28.4. The van der Waals surface area contributed by atoms with E-state index in [-0.39, 0.29) is 25.4 Å². The minimum atomic E-state index is -0.544. The van der Waals surface area contributed by atoms with Crippen LogP contribution in [0.15, 0.2) is 24.3 Å². The molecule has 0 aromatic heterocycles. The summed E-state index contributed by atoms with van der Waals surface area (Å²) >= 11 is 26.1. The number of aliphatic hydroxyl groups excluding tert-OH is 2. The summed E-state index contributed by atoms with van der Waals surface area (Å²) in [6.45, 7) is 7.82. The molecule has 0 aliphatic carbocycles. The van der Waals surface area contributed by atoms with E-state index in [0.29, 0.717) is 44.4 Å². The van der Waals surface area contributed by atoms with Gasteiger partial charge in [0.1, 0.15) is 12.2 Å². The third kappa shape index (κ3) is 7.06. The summed E-state index contributed by atoms with van der Waals surface area (Å²) in [5, 5.41) is 20.5.